The number of ketones is 2. The number of hydrogen-bond donors (Lipinski definition) is 2. The van der Waals surface area contributed by atoms with Crippen LogP contribution in [0.5, 0.6) is 5.75 Å². The molecule has 4 radical (unpaired) electrons. The molecule has 27 heavy (non-hydrogen) atoms. The van der Waals surface area contributed by atoms with E-state index < -0.39 is 0 Å². The summed E-state index contributed by atoms with van der Waals surface area (Å²) in [6.45, 7) is 1.84. The number of phenols is 1. The summed E-state index contributed by atoms with van der Waals surface area (Å²) in [5.41, 5.74) is 3.48. The van der Waals surface area contributed by atoms with Gasteiger partial charge in [-0.1, -0.05) is 46.8 Å². The van der Waals surface area contributed by atoms with Crippen molar-refractivity contribution in [3.05, 3.63) is 76.3 Å². The van der Waals surface area contributed by atoms with Gasteiger partial charge in [-0.15, -0.1) is 0 Å². The van der Waals surface area contributed by atoms with E-state index >= 15 is 0 Å². The lowest BCUT2D eigenvalue weighted by atomic mass is 9.81. The minimum Gasteiger partial charge on any atom is -0.507 e. The molecule has 0 heterocycles. The number of anilines is 2. The average molecular weight is 349 g/mol. The second-order valence-electron chi connectivity index (χ2n) is 6.51. The number of carbonyl (C=O) groups excluding carboxylic acids is 2. The number of rotatable bonds is 2. The number of fused-ring (bicyclic) bond motifs is 2. The molecule has 4 rings (SSSR count). The zero-order valence-corrected chi connectivity index (χ0v) is 14.5. The first kappa shape index (κ1) is 17.2. The quantitative estimate of drug-likeness (QED) is 0.428. The van der Waals surface area contributed by atoms with Crippen molar-refractivity contribution in [1.82, 2.24) is 0 Å². The Hall–Kier alpha value is -3.27. The van der Waals surface area contributed by atoms with Crippen LogP contribution in [0.2, 0.25) is 0 Å². The highest BCUT2D eigenvalue weighted by Gasteiger charge is 2.34. The number of aromatic hydroxyl groups is 1. The molecular weight excluding hydrogens is 336 g/mol. The second kappa shape index (κ2) is 6.16. The molecule has 4 nitrogen and oxygen atoms in total. The fraction of sp³-hybridized carbons (Fsp3) is 0.0476. The van der Waals surface area contributed by atoms with E-state index in [1.165, 1.54) is 6.07 Å². The van der Waals surface area contributed by atoms with Crippen LogP contribution in [0.4, 0.5) is 11.4 Å². The Morgan fingerprint density at radius 1 is 0.815 bits per heavy atom. The Kier molecular flexibility index (Phi) is 3.92. The third-order valence-corrected chi connectivity index (χ3v) is 4.76. The first-order chi connectivity index (χ1) is 12.9. The van der Waals surface area contributed by atoms with Gasteiger partial charge in [0.2, 0.25) is 0 Å². The molecule has 3 aromatic rings. The van der Waals surface area contributed by atoms with Crippen LogP contribution in [0.3, 0.4) is 0 Å². The zero-order chi connectivity index (χ0) is 19.3. The van der Waals surface area contributed by atoms with Gasteiger partial charge >= 0.3 is 0 Å². The summed E-state index contributed by atoms with van der Waals surface area (Å²) in [4.78, 5) is 25.9. The Labute approximate surface area is 159 Å². The lowest BCUT2D eigenvalue weighted by Crippen LogP contribution is -2.23. The summed E-state index contributed by atoms with van der Waals surface area (Å²) in [5.74, 6) is -0.947. The Morgan fingerprint density at radius 2 is 1.44 bits per heavy atom. The van der Waals surface area contributed by atoms with Gasteiger partial charge in [0.25, 0.3) is 0 Å². The molecular formula is C21H13B2NO3. The van der Waals surface area contributed by atoms with E-state index in [0.29, 0.717) is 27.9 Å². The summed E-state index contributed by atoms with van der Waals surface area (Å²) in [5, 5.41) is 13.4. The summed E-state index contributed by atoms with van der Waals surface area (Å²) in [6.07, 6.45) is 0. The number of aryl methyl sites for hydroxylation is 1. The number of benzene rings is 3. The maximum atomic E-state index is 13.1. The molecule has 0 amide bonds. The number of hydrogen-bond acceptors (Lipinski definition) is 4. The first-order valence-corrected chi connectivity index (χ1v) is 8.35. The van der Waals surface area contributed by atoms with Gasteiger partial charge in [-0.3, -0.25) is 9.59 Å². The van der Waals surface area contributed by atoms with Crippen LogP contribution >= 0.6 is 0 Å². The Balaban J connectivity index is 1.90. The number of phenolic OH excluding ortho intramolecular Hbond substituents is 1. The van der Waals surface area contributed by atoms with Crippen LogP contribution in [0.1, 0.15) is 37.4 Å². The topological polar surface area (TPSA) is 66.4 Å². The van der Waals surface area contributed by atoms with Gasteiger partial charge < -0.3 is 10.4 Å². The lowest BCUT2D eigenvalue weighted by Gasteiger charge is -2.22. The molecule has 0 fully saturated rings. The van der Waals surface area contributed by atoms with Gasteiger partial charge in [0, 0.05) is 16.8 Å². The van der Waals surface area contributed by atoms with Crippen molar-refractivity contribution >= 4 is 49.6 Å². The van der Waals surface area contributed by atoms with Crippen molar-refractivity contribution in [2.24, 2.45) is 0 Å². The molecule has 0 unspecified atom stereocenters. The Bertz CT molecular complexity index is 1140. The van der Waals surface area contributed by atoms with Crippen molar-refractivity contribution in [3.63, 3.8) is 0 Å². The highest BCUT2D eigenvalue weighted by atomic mass is 16.3. The van der Waals surface area contributed by atoms with E-state index in [9.17, 15) is 14.7 Å². The molecule has 6 heteroatoms. The monoisotopic (exact) mass is 349 g/mol. The van der Waals surface area contributed by atoms with Gasteiger partial charge in [-0.25, -0.2) is 0 Å². The van der Waals surface area contributed by atoms with Gasteiger partial charge in [0.1, 0.15) is 21.4 Å². The molecule has 0 atom stereocenters. The van der Waals surface area contributed by atoms with E-state index in [2.05, 4.69) is 5.32 Å². The lowest BCUT2D eigenvalue weighted by molar-refractivity contribution is 0.0977. The van der Waals surface area contributed by atoms with Crippen LogP contribution in [-0.2, 0) is 0 Å². The van der Waals surface area contributed by atoms with Crippen LogP contribution < -0.4 is 16.2 Å². The SMILES string of the molecule is [B]c1cc([B])c(Nc2ccc(O)c3c2C(=O)c2ccccc2C3=O)cc1C. The zero-order valence-electron chi connectivity index (χ0n) is 14.5. The van der Waals surface area contributed by atoms with Crippen molar-refractivity contribution in [2.75, 3.05) is 5.32 Å². The third-order valence-electron chi connectivity index (χ3n) is 4.76. The summed E-state index contributed by atoms with van der Waals surface area (Å²) in [6, 6.07) is 12.9. The van der Waals surface area contributed by atoms with Gasteiger partial charge in [-0.2, -0.15) is 0 Å². The molecule has 0 saturated heterocycles. The molecule has 0 spiro atoms. The van der Waals surface area contributed by atoms with E-state index in [-0.39, 0.29) is 34.0 Å². The van der Waals surface area contributed by atoms with E-state index in [1.54, 1.807) is 42.5 Å². The first-order valence-electron chi connectivity index (χ1n) is 8.35. The molecule has 0 aromatic heterocycles. The smallest absolute Gasteiger partial charge is 0.198 e. The maximum absolute atomic E-state index is 13.1. The van der Waals surface area contributed by atoms with E-state index in [4.69, 9.17) is 15.7 Å². The van der Waals surface area contributed by atoms with Crippen molar-refractivity contribution in [1.29, 1.82) is 0 Å². The van der Waals surface area contributed by atoms with Gasteiger partial charge in [0.15, 0.2) is 11.6 Å². The van der Waals surface area contributed by atoms with Crippen molar-refractivity contribution in [3.8, 4) is 5.75 Å². The van der Waals surface area contributed by atoms with Gasteiger partial charge in [-0.05, 0) is 25.1 Å². The summed E-state index contributed by atoms with van der Waals surface area (Å²) < 4.78 is 0. The number of carbonyl (C=O) groups is 2. The predicted molar refractivity (Wildman–Crippen MR) is 107 cm³/mol. The molecule has 3 aromatic carbocycles. The minimum atomic E-state index is -0.386. The van der Waals surface area contributed by atoms with E-state index in [0.717, 1.165) is 5.56 Å². The Morgan fingerprint density at radius 3 is 2.11 bits per heavy atom. The molecule has 126 valence electrons. The largest absolute Gasteiger partial charge is 0.507 e. The molecule has 1 aliphatic rings. The van der Waals surface area contributed by atoms with Crippen molar-refractivity contribution < 1.29 is 14.7 Å². The molecule has 0 bridgehead atoms. The highest BCUT2D eigenvalue weighted by Crippen LogP contribution is 2.37. The third kappa shape index (κ3) is 2.65. The van der Waals surface area contributed by atoms with Crippen LogP contribution in [0, 0.1) is 6.92 Å². The highest BCUT2D eigenvalue weighted by molar-refractivity contribution is 6.41. The van der Waals surface area contributed by atoms with Crippen molar-refractivity contribution in [2.45, 2.75) is 6.92 Å². The minimum absolute atomic E-state index is 0.00515. The molecule has 2 N–H and O–H groups in total. The maximum Gasteiger partial charge on any atom is 0.198 e. The second-order valence-corrected chi connectivity index (χ2v) is 6.51. The van der Waals surface area contributed by atoms with Crippen LogP contribution in [0.25, 0.3) is 0 Å². The number of nitrogens with one attached hydrogen (secondary N) is 1. The fourth-order valence-corrected chi connectivity index (χ4v) is 3.31. The van der Waals surface area contributed by atoms with Crippen LogP contribution in [-0.4, -0.2) is 32.4 Å². The molecule has 0 saturated carbocycles. The molecule has 0 aliphatic heterocycles. The standard InChI is InChI=1S/C21H13B2NO3/c1-10-8-16(14(23)9-13(10)22)24-15-6-7-17(25)19-18(15)20(26)11-4-2-3-5-12(11)21(19)27/h2-9,24-25H,1H3. The van der Waals surface area contributed by atoms with Crippen LogP contribution in [0.15, 0.2) is 48.5 Å². The van der Waals surface area contributed by atoms with E-state index in [1.807, 2.05) is 6.92 Å². The van der Waals surface area contributed by atoms with Gasteiger partial charge in [0.05, 0.1) is 16.8 Å². The summed E-state index contributed by atoms with van der Waals surface area (Å²) in [7, 11) is 11.9. The average Bonchev–Trinajstić information content (AvgIpc) is 2.65. The normalized spacial score (nSPS) is 12.5. The fourth-order valence-electron chi connectivity index (χ4n) is 3.31. The predicted octanol–water partition coefficient (Wildman–Crippen LogP) is 1.81. The molecule has 1 aliphatic carbocycles. The summed E-state index contributed by atoms with van der Waals surface area (Å²) >= 11 is 0.